The number of benzene rings is 3. The highest BCUT2D eigenvalue weighted by atomic mass is 35.6. The molecule has 4 rings (SSSR count). The van der Waals surface area contributed by atoms with Crippen molar-refractivity contribution in [2.45, 2.75) is 7.59 Å². The molecule has 1 aromatic heterocycles. The van der Waals surface area contributed by atoms with E-state index in [1.54, 1.807) is 72.8 Å². The second kappa shape index (κ2) is 9.50. The first kappa shape index (κ1) is 24.4. The summed E-state index contributed by atoms with van der Waals surface area (Å²) in [5.41, 5.74) is 2.66. The molecule has 0 aliphatic rings. The molecule has 0 radical (unpaired) electrons. The Morgan fingerprint density at radius 2 is 1.39 bits per heavy atom. The lowest BCUT2D eigenvalue weighted by Gasteiger charge is -2.15. The zero-order valence-electron chi connectivity index (χ0n) is 16.7. The van der Waals surface area contributed by atoms with Crippen LogP contribution in [-0.2, 0) is 7.59 Å². The van der Waals surface area contributed by atoms with Gasteiger partial charge >= 0.3 is 0 Å². The minimum atomic E-state index is -1.63. The Morgan fingerprint density at radius 3 is 2.06 bits per heavy atom. The Labute approximate surface area is 220 Å². The van der Waals surface area contributed by atoms with Crippen LogP contribution < -0.4 is 5.56 Å². The molecule has 0 bridgehead atoms. The topological polar surface area (TPSA) is 34.9 Å². The summed E-state index contributed by atoms with van der Waals surface area (Å²) in [5.74, 6) is 0.408. The van der Waals surface area contributed by atoms with E-state index < -0.39 is 7.59 Å². The average Bonchev–Trinajstić information content (AvgIpc) is 2.77. The molecule has 0 saturated carbocycles. The van der Waals surface area contributed by atoms with Crippen LogP contribution in [0.3, 0.4) is 0 Å². The fraction of sp³-hybridized carbons (Fsp3) is 0.0833. The van der Waals surface area contributed by atoms with Gasteiger partial charge in [0, 0.05) is 11.1 Å². The lowest BCUT2D eigenvalue weighted by molar-refractivity contribution is 0.940. The van der Waals surface area contributed by atoms with E-state index in [0.29, 0.717) is 33.5 Å². The van der Waals surface area contributed by atoms with E-state index in [-0.39, 0.29) is 5.56 Å². The zero-order chi connectivity index (χ0) is 23.8. The third kappa shape index (κ3) is 5.51. The third-order valence-corrected chi connectivity index (χ3v) is 6.21. The molecule has 0 N–H and O–H groups in total. The molecule has 0 atom stereocenters. The number of nitrogens with zero attached hydrogens (tertiary/aromatic N) is 2. The van der Waals surface area contributed by atoms with E-state index in [9.17, 15) is 4.79 Å². The number of hydrogen-bond acceptors (Lipinski definition) is 2. The van der Waals surface area contributed by atoms with Crippen molar-refractivity contribution in [3.63, 3.8) is 0 Å². The van der Waals surface area contributed by atoms with Gasteiger partial charge in [0.05, 0.1) is 16.6 Å². The molecule has 0 saturated heterocycles. The van der Waals surface area contributed by atoms with Gasteiger partial charge < -0.3 is 0 Å². The SMILES string of the molecule is O=c1c2ccccc2nc(C=Cc2ccc(C(Cl)(Cl)Cl)cc2)n1-c1cccc(C(Cl)(Cl)Cl)c1. The van der Waals surface area contributed by atoms with Crippen molar-refractivity contribution in [1.29, 1.82) is 0 Å². The Hall–Kier alpha value is -1.72. The van der Waals surface area contributed by atoms with Gasteiger partial charge in [0.15, 0.2) is 0 Å². The molecule has 168 valence electrons. The molecule has 0 spiro atoms. The first-order valence-electron chi connectivity index (χ1n) is 9.59. The van der Waals surface area contributed by atoms with Crippen LogP contribution in [0.5, 0.6) is 0 Å². The molecular weight excluding hydrogens is 545 g/mol. The van der Waals surface area contributed by atoms with Gasteiger partial charge in [-0.3, -0.25) is 9.36 Å². The van der Waals surface area contributed by atoms with E-state index in [1.165, 1.54) is 4.57 Å². The summed E-state index contributed by atoms with van der Waals surface area (Å²) in [6, 6.07) is 21.0. The summed E-state index contributed by atoms with van der Waals surface area (Å²) in [6.45, 7) is 0. The second-order valence-electron chi connectivity index (χ2n) is 7.13. The molecule has 3 nitrogen and oxygen atoms in total. The van der Waals surface area contributed by atoms with Gasteiger partial charge in [0.1, 0.15) is 5.82 Å². The summed E-state index contributed by atoms with van der Waals surface area (Å²) < 4.78 is -1.66. The van der Waals surface area contributed by atoms with Crippen molar-refractivity contribution in [2.24, 2.45) is 0 Å². The van der Waals surface area contributed by atoms with E-state index in [4.69, 9.17) is 69.6 Å². The Bertz CT molecular complexity index is 1400. The van der Waals surface area contributed by atoms with Crippen molar-refractivity contribution < 1.29 is 0 Å². The first-order valence-corrected chi connectivity index (χ1v) is 11.9. The number of alkyl halides is 6. The molecule has 3 aromatic carbocycles. The fourth-order valence-electron chi connectivity index (χ4n) is 3.29. The molecule has 1 heterocycles. The number of hydrogen-bond donors (Lipinski definition) is 0. The Morgan fingerprint density at radius 1 is 0.727 bits per heavy atom. The molecule has 0 amide bonds. The highest BCUT2D eigenvalue weighted by Gasteiger charge is 2.24. The van der Waals surface area contributed by atoms with Crippen LogP contribution in [0.2, 0.25) is 0 Å². The highest BCUT2D eigenvalue weighted by molar-refractivity contribution is 6.67. The predicted octanol–water partition coefficient (Wildman–Crippen LogP) is 8.21. The van der Waals surface area contributed by atoms with Crippen LogP contribution in [0.15, 0.2) is 77.6 Å². The largest absolute Gasteiger partial charge is 0.268 e. The second-order valence-corrected chi connectivity index (χ2v) is 11.7. The van der Waals surface area contributed by atoms with Gasteiger partial charge in [-0.2, -0.15) is 0 Å². The molecule has 0 aliphatic heterocycles. The van der Waals surface area contributed by atoms with E-state index in [0.717, 1.165) is 5.56 Å². The van der Waals surface area contributed by atoms with Gasteiger partial charge in [0.2, 0.25) is 7.59 Å². The summed E-state index contributed by atoms with van der Waals surface area (Å²) in [5, 5.41) is 0.473. The van der Waals surface area contributed by atoms with Crippen molar-refractivity contribution in [3.05, 3.63) is 106 Å². The van der Waals surface area contributed by atoms with Crippen LogP contribution in [-0.4, -0.2) is 9.55 Å². The van der Waals surface area contributed by atoms with E-state index in [1.807, 2.05) is 12.1 Å². The molecule has 0 aliphatic carbocycles. The summed E-state index contributed by atoms with van der Waals surface area (Å²) in [7, 11) is 0. The number of halogens is 6. The lowest BCUT2D eigenvalue weighted by Crippen LogP contribution is -2.22. The molecule has 9 heteroatoms. The predicted molar refractivity (Wildman–Crippen MR) is 141 cm³/mol. The standard InChI is InChI=1S/C24H14Cl6N2O/c25-23(26,27)16-11-8-15(9-12-16)10-13-21-31-20-7-2-1-6-19(20)22(33)32(21)18-5-3-4-17(14-18)24(28,29)30/h1-14H. The molecule has 4 aromatic rings. The van der Waals surface area contributed by atoms with Gasteiger partial charge in [0.25, 0.3) is 5.56 Å². The number of para-hydroxylation sites is 1. The monoisotopic (exact) mass is 556 g/mol. The van der Waals surface area contributed by atoms with Gasteiger partial charge in [-0.25, -0.2) is 4.98 Å². The molecule has 33 heavy (non-hydrogen) atoms. The van der Waals surface area contributed by atoms with Crippen LogP contribution in [0.4, 0.5) is 0 Å². The van der Waals surface area contributed by atoms with Crippen molar-refractivity contribution in [2.75, 3.05) is 0 Å². The minimum Gasteiger partial charge on any atom is -0.268 e. The minimum absolute atomic E-state index is 0.242. The van der Waals surface area contributed by atoms with Crippen LogP contribution in [0.1, 0.15) is 22.5 Å². The van der Waals surface area contributed by atoms with Crippen LogP contribution >= 0.6 is 69.6 Å². The Kier molecular flexibility index (Phi) is 7.02. The summed E-state index contributed by atoms with van der Waals surface area (Å²) in [4.78, 5) is 18.1. The maximum absolute atomic E-state index is 13.4. The number of fused-ring (bicyclic) bond motifs is 1. The third-order valence-electron chi connectivity index (χ3n) is 4.90. The summed E-state index contributed by atoms with van der Waals surface area (Å²) in [6.07, 6.45) is 3.55. The molecular formula is C24H14Cl6N2O. The Balaban J connectivity index is 1.86. The maximum Gasteiger partial charge on any atom is 0.266 e. The van der Waals surface area contributed by atoms with Crippen molar-refractivity contribution in [3.8, 4) is 5.69 Å². The molecule has 0 fully saturated rings. The molecule has 0 unspecified atom stereocenters. The lowest BCUT2D eigenvalue weighted by atomic mass is 10.1. The van der Waals surface area contributed by atoms with Gasteiger partial charge in [-0.05, 0) is 35.9 Å². The zero-order valence-corrected chi connectivity index (χ0v) is 21.2. The van der Waals surface area contributed by atoms with Crippen molar-refractivity contribution in [1.82, 2.24) is 9.55 Å². The smallest absolute Gasteiger partial charge is 0.266 e. The number of aromatic nitrogens is 2. The van der Waals surface area contributed by atoms with Gasteiger partial charge in [-0.15, -0.1) is 0 Å². The number of rotatable bonds is 3. The highest BCUT2D eigenvalue weighted by Crippen LogP contribution is 2.39. The summed E-state index contributed by atoms with van der Waals surface area (Å²) >= 11 is 36.0. The van der Waals surface area contributed by atoms with Crippen LogP contribution in [0.25, 0.3) is 28.7 Å². The van der Waals surface area contributed by atoms with E-state index >= 15 is 0 Å². The fourth-order valence-corrected chi connectivity index (χ4v) is 4.02. The van der Waals surface area contributed by atoms with E-state index in [2.05, 4.69) is 4.98 Å². The maximum atomic E-state index is 13.4. The van der Waals surface area contributed by atoms with Gasteiger partial charge in [-0.1, -0.05) is 124 Å². The van der Waals surface area contributed by atoms with Crippen LogP contribution in [0, 0.1) is 0 Å². The normalized spacial score (nSPS) is 12.5. The van der Waals surface area contributed by atoms with Crippen molar-refractivity contribution >= 4 is 92.7 Å². The average molecular weight is 559 g/mol. The first-order chi connectivity index (χ1) is 15.5. The quantitative estimate of drug-likeness (QED) is 0.237.